The Morgan fingerprint density at radius 2 is 1.75 bits per heavy atom. The maximum absolute atomic E-state index is 12.9. The molecule has 0 saturated heterocycles. The first-order valence-corrected chi connectivity index (χ1v) is 9.69. The fourth-order valence-electron chi connectivity index (χ4n) is 3.42. The third kappa shape index (κ3) is 3.78. The average molecular weight is 382 g/mol. The SMILES string of the molecule is CCCCCOC(=O)c1ccc2c3c(cccc13)C(=O)N(CCN(C)C)C2=O. The Morgan fingerprint density at radius 1 is 1.04 bits per heavy atom. The molecule has 0 spiro atoms. The topological polar surface area (TPSA) is 66.9 Å². The van der Waals surface area contributed by atoms with Gasteiger partial charge in [0.25, 0.3) is 11.8 Å². The smallest absolute Gasteiger partial charge is 0.338 e. The molecule has 148 valence electrons. The predicted octanol–water partition coefficient (Wildman–Crippen LogP) is 3.34. The summed E-state index contributed by atoms with van der Waals surface area (Å²) in [7, 11) is 3.79. The van der Waals surface area contributed by atoms with Crippen LogP contribution in [0.4, 0.5) is 0 Å². The number of imide groups is 1. The van der Waals surface area contributed by atoms with Crippen LogP contribution in [0, 0.1) is 0 Å². The lowest BCUT2D eigenvalue weighted by molar-refractivity contribution is 0.0498. The van der Waals surface area contributed by atoms with Crippen LogP contribution in [0.15, 0.2) is 30.3 Å². The van der Waals surface area contributed by atoms with Crippen molar-refractivity contribution in [3.63, 3.8) is 0 Å². The van der Waals surface area contributed by atoms with Gasteiger partial charge in [-0.1, -0.05) is 31.9 Å². The monoisotopic (exact) mass is 382 g/mol. The fourth-order valence-corrected chi connectivity index (χ4v) is 3.42. The molecule has 0 aromatic heterocycles. The Bertz CT molecular complexity index is 898. The minimum Gasteiger partial charge on any atom is -0.462 e. The van der Waals surface area contributed by atoms with Gasteiger partial charge >= 0.3 is 5.97 Å². The quantitative estimate of drug-likeness (QED) is 0.398. The molecule has 0 atom stereocenters. The molecule has 1 heterocycles. The molecule has 1 aliphatic heterocycles. The number of hydrogen-bond donors (Lipinski definition) is 0. The summed E-state index contributed by atoms with van der Waals surface area (Å²) in [6.07, 6.45) is 2.87. The minimum absolute atomic E-state index is 0.321. The zero-order chi connectivity index (χ0) is 20.3. The highest BCUT2D eigenvalue weighted by molar-refractivity contribution is 6.27. The fraction of sp³-hybridized carbons (Fsp3) is 0.409. The summed E-state index contributed by atoms with van der Waals surface area (Å²) >= 11 is 0. The van der Waals surface area contributed by atoms with E-state index in [-0.39, 0.29) is 11.8 Å². The highest BCUT2D eigenvalue weighted by Crippen LogP contribution is 2.32. The van der Waals surface area contributed by atoms with Crippen molar-refractivity contribution in [1.29, 1.82) is 0 Å². The first-order chi connectivity index (χ1) is 13.5. The van der Waals surface area contributed by atoms with Crippen molar-refractivity contribution in [2.24, 2.45) is 0 Å². The summed E-state index contributed by atoms with van der Waals surface area (Å²) in [6, 6.07) is 8.47. The number of likely N-dealkylation sites (N-methyl/N-ethyl adjacent to an activating group) is 1. The number of nitrogens with zero attached hydrogens (tertiary/aromatic N) is 2. The molecule has 2 aromatic carbocycles. The van der Waals surface area contributed by atoms with Gasteiger partial charge in [0.15, 0.2) is 0 Å². The lowest BCUT2D eigenvalue weighted by Gasteiger charge is -2.28. The van der Waals surface area contributed by atoms with Crippen LogP contribution >= 0.6 is 0 Å². The molecule has 3 rings (SSSR count). The van der Waals surface area contributed by atoms with E-state index in [2.05, 4.69) is 6.92 Å². The van der Waals surface area contributed by atoms with Gasteiger partial charge in [0, 0.05) is 29.6 Å². The van der Waals surface area contributed by atoms with Crippen LogP contribution in [0.1, 0.15) is 57.3 Å². The summed E-state index contributed by atoms with van der Waals surface area (Å²) in [4.78, 5) is 41.6. The molecular weight excluding hydrogens is 356 g/mol. The van der Waals surface area contributed by atoms with Gasteiger partial charge in [-0.15, -0.1) is 0 Å². The molecule has 1 aliphatic rings. The summed E-state index contributed by atoms with van der Waals surface area (Å²) in [5.74, 6) is -1.06. The number of rotatable bonds is 8. The number of amides is 2. The van der Waals surface area contributed by atoms with Crippen LogP contribution in [0.3, 0.4) is 0 Å². The van der Waals surface area contributed by atoms with E-state index in [4.69, 9.17) is 4.74 Å². The van der Waals surface area contributed by atoms with Crippen molar-refractivity contribution in [1.82, 2.24) is 9.80 Å². The largest absolute Gasteiger partial charge is 0.462 e. The van der Waals surface area contributed by atoms with Gasteiger partial charge in [0.1, 0.15) is 0 Å². The second-order valence-electron chi connectivity index (χ2n) is 7.30. The third-order valence-corrected chi connectivity index (χ3v) is 4.96. The van der Waals surface area contributed by atoms with Crippen LogP contribution in [-0.2, 0) is 4.74 Å². The molecule has 0 N–H and O–H groups in total. The number of carbonyl (C=O) groups excluding carboxylic acids is 3. The van der Waals surface area contributed by atoms with Crippen molar-refractivity contribution < 1.29 is 19.1 Å². The molecule has 28 heavy (non-hydrogen) atoms. The predicted molar refractivity (Wildman–Crippen MR) is 108 cm³/mol. The molecule has 0 bridgehead atoms. The molecule has 0 aliphatic carbocycles. The number of ether oxygens (including phenoxy) is 1. The van der Waals surface area contributed by atoms with E-state index in [1.807, 2.05) is 19.0 Å². The highest BCUT2D eigenvalue weighted by atomic mass is 16.5. The second-order valence-corrected chi connectivity index (χ2v) is 7.30. The number of esters is 1. The first kappa shape index (κ1) is 20.0. The van der Waals surface area contributed by atoms with Crippen molar-refractivity contribution >= 4 is 28.6 Å². The highest BCUT2D eigenvalue weighted by Gasteiger charge is 2.33. The maximum atomic E-state index is 12.9. The normalized spacial score (nSPS) is 13.5. The van der Waals surface area contributed by atoms with Crippen LogP contribution < -0.4 is 0 Å². The molecule has 6 nitrogen and oxygen atoms in total. The van der Waals surface area contributed by atoms with Crippen molar-refractivity contribution in [2.45, 2.75) is 26.2 Å². The molecule has 0 unspecified atom stereocenters. The van der Waals surface area contributed by atoms with Crippen LogP contribution in [-0.4, -0.2) is 61.4 Å². The molecular formula is C22H26N2O4. The van der Waals surface area contributed by atoms with Crippen molar-refractivity contribution in [3.05, 3.63) is 47.0 Å². The summed E-state index contributed by atoms with van der Waals surface area (Å²) in [5.41, 5.74) is 1.29. The maximum Gasteiger partial charge on any atom is 0.338 e. The first-order valence-electron chi connectivity index (χ1n) is 9.69. The summed E-state index contributed by atoms with van der Waals surface area (Å²) in [6.45, 7) is 3.36. The Hall–Kier alpha value is -2.73. The second kappa shape index (κ2) is 8.52. The molecule has 0 radical (unpaired) electrons. The zero-order valence-corrected chi connectivity index (χ0v) is 16.7. The van der Waals surface area contributed by atoms with Crippen molar-refractivity contribution in [2.75, 3.05) is 33.8 Å². The van der Waals surface area contributed by atoms with E-state index in [9.17, 15) is 14.4 Å². The lowest BCUT2D eigenvalue weighted by Crippen LogP contribution is -2.43. The van der Waals surface area contributed by atoms with Gasteiger partial charge in [-0.05, 0) is 44.1 Å². The molecule has 2 amide bonds. The van der Waals surface area contributed by atoms with E-state index < -0.39 is 5.97 Å². The zero-order valence-electron chi connectivity index (χ0n) is 16.7. The van der Waals surface area contributed by atoms with Crippen LogP contribution in [0.5, 0.6) is 0 Å². The Labute approximate surface area is 165 Å². The van der Waals surface area contributed by atoms with Crippen LogP contribution in [0.25, 0.3) is 10.8 Å². The third-order valence-electron chi connectivity index (χ3n) is 4.96. The van der Waals surface area contributed by atoms with Gasteiger partial charge in [0.2, 0.25) is 0 Å². The Morgan fingerprint density at radius 3 is 2.43 bits per heavy atom. The molecule has 6 heteroatoms. The number of carbonyl (C=O) groups is 3. The molecule has 0 saturated carbocycles. The number of hydrogen-bond acceptors (Lipinski definition) is 5. The van der Waals surface area contributed by atoms with Crippen molar-refractivity contribution in [3.8, 4) is 0 Å². The van der Waals surface area contributed by atoms with Gasteiger partial charge in [-0.2, -0.15) is 0 Å². The Kier molecular flexibility index (Phi) is 6.09. The number of benzene rings is 2. The van der Waals surface area contributed by atoms with E-state index >= 15 is 0 Å². The average Bonchev–Trinajstić information content (AvgIpc) is 2.68. The van der Waals surface area contributed by atoms with E-state index in [1.165, 1.54) is 4.90 Å². The van der Waals surface area contributed by atoms with E-state index in [1.54, 1.807) is 30.3 Å². The Balaban J connectivity index is 1.96. The van der Waals surface area contributed by atoms with Gasteiger partial charge < -0.3 is 9.64 Å². The standard InChI is InChI=1S/C22H26N2O4/c1-4-5-6-14-28-22(27)16-10-11-18-19-15(16)8-7-9-17(19)20(25)24(21(18)26)13-12-23(2)3/h7-11H,4-6,12-14H2,1-3H3. The van der Waals surface area contributed by atoms with E-state index in [0.717, 1.165) is 19.3 Å². The molecule has 0 fully saturated rings. The van der Waals surface area contributed by atoms with Gasteiger partial charge in [-0.3, -0.25) is 14.5 Å². The molecule has 2 aromatic rings. The minimum atomic E-state index is -0.422. The van der Waals surface area contributed by atoms with Crippen LogP contribution in [0.2, 0.25) is 0 Å². The summed E-state index contributed by atoms with van der Waals surface area (Å²) < 4.78 is 5.38. The van der Waals surface area contributed by atoms with Gasteiger partial charge in [0.05, 0.1) is 12.2 Å². The summed E-state index contributed by atoms with van der Waals surface area (Å²) in [5, 5.41) is 1.13. The van der Waals surface area contributed by atoms with E-state index in [0.29, 0.717) is 47.2 Å². The van der Waals surface area contributed by atoms with Gasteiger partial charge in [-0.25, -0.2) is 4.79 Å². The lowest BCUT2D eigenvalue weighted by atomic mass is 9.91. The number of unbranched alkanes of at least 4 members (excludes halogenated alkanes) is 2.